The highest BCUT2D eigenvalue weighted by Gasteiger charge is 2.38. The third-order valence-electron chi connectivity index (χ3n) is 3.95. The zero-order valence-corrected chi connectivity index (χ0v) is 14.2. The first kappa shape index (κ1) is 16.3. The number of benzene rings is 1. The zero-order valence-electron chi connectivity index (χ0n) is 13.2. The molecule has 0 spiro atoms. The summed E-state index contributed by atoms with van der Waals surface area (Å²) in [4.78, 5) is 0. The third kappa shape index (κ3) is 5.00. The minimum atomic E-state index is -1.74. The van der Waals surface area contributed by atoms with E-state index in [1.807, 2.05) is 6.92 Å². The molecule has 3 heteroatoms. The van der Waals surface area contributed by atoms with E-state index in [0.717, 1.165) is 18.6 Å². The summed E-state index contributed by atoms with van der Waals surface area (Å²) in [7, 11) is -1.74. The fourth-order valence-corrected chi connectivity index (χ4v) is 2.58. The van der Waals surface area contributed by atoms with Gasteiger partial charge in [0.25, 0.3) is 0 Å². The molecule has 0 aliphatic carbocycles. The summed E-state index contributed by atoms with van der Waals surface area (Å²) in [6.45, 7) is 13.1. The molecule has 0 radical (unpaired) electrons. The molecule has 1 aromatic rings. The molecule has 1 rings (SSSR count). The van der Waals surface area contributed by atoms with Crippen LogP contribution in [0.15, 0.2) is 24.3 Å². The summed E-state index contributed by atoms with van der Waals surface area (Å²) >= 11 is 0. The molecule has 108 valence electrons. The Kier molecular flexibility index (Phi) is 5.22. The van der Waals surface area contributed by atoms with Gasteiger partial charge in [0.05, 0.1) is 6.10 Å². The standard InChI is InChI=1S/C16H28O2Si/c1-13(17)7-8-14-9-11-15(12-10-14)18-19(5,6)16(2,3)4/h9-13,17H,7-8H2,1-6H3/t13-/m0/s1. The molecular weight excluding hydrogens is 252 g/mol. The third-order valence-corrected chi connectivity index (χ3v) is 8.31. The first-order valence-corrected chi connectivity index (χ1v) is 9.99. The molecule has 0 unspecified atom stereocenters. The topological polar surface area (TPSA) is 29.5 Å². The van der Waals surface area contributed by atoms with Crippen LogP contribution in [0.25, 0.3) is 0 Å². The van der Waals surface area contributed by atoms with Crippen LogP contribution in [0, 0.1) is 0 Å². The van der Waals surface area contributed by atoms with Crippen molar-refractivity contribution in [2.75, 3.05) is 0 Å². The van der Waals surface area contributed by atoms with Crippen molar-refractivity contribution in [3.63, 3.8) is 0 Å². The van der Waals surface area contributed by atoms with Crippen molar-refractivity contribution in [2.24, 2.45) is 0 Å². The predicted molar refractivity (Wildman–Crippen MR) is 84.3 cm³/mol. The van der Waals surface area contributed by atoms with E-state index in [1.54, 1.807) is 0 Å². The van der Waals surface area contributed by atoms with Gasteiger partial charge < -0.3 is 9.53 Å². The molecule has 0 saturated carbocycles. The van der Waals surface area contributed by atoms with Crippen molar-refractivity contribution in [1.82, 2.24) is 0 Å². The summed E-state index contributed by atoms with van der Waals surface area (Å²) < 4.78 is 6.24. The lowest BCUT2D eigenvalue weighted by molar-refractivity contribution is 0.185. The molecule has 0 saturated heterocycles. The Labute approximate surface area is 118 Å². The second-order valence-corrected chi connectivity index (χ2v) is 11.6. The molecule has 1 N–H and O–H groups in total. The van der Waals surface area contributed by atoms with E-state index in [0.29, 0.717) is 0 Å². The minimum absolute atomic E-state index is 0.220. The van der Waals surface area contributed by atoms with Crippen molar-refractivity contribution in [1.29, 1.82) is 0 Å². The Morgan fingerprint density at radius 1 is 1.16 bits per heavy atom. The predicted octanol–water partition coefficient (Wildman–Crippen LogP) is 4.38. The maximum Gasteiger partial charge on any atom is 0.250 e. The Hall–Kier alpha value is -0.803. The van der Waals surface area contributed by atoms with Crippen LogP contribution >= 0.6 is 0 Å². The van der Waals surface area contributed by atoms with Crippen molar-refractivity contribution in [2.45, 2.75) is 64.8 Å². The molecular formula is C16H28O2Si. The second kappa shape index (κ2) is 6.10. The first-order valence-electron chi connectivity index (χ1n) is 7.08. The van der Waals surface area contributed by atoms with E-state index in [9.17, 15) is 5.11 Å². The molecule has 0 fully saturated rings. The molecule has 0 bridgehead atoms. The fourth-order valence-electron chi connectivity index (χ4n) is 1.55. The average molecular weight is 280 g/mol. The van der Waals surface area contributed by atoms with Crippen LogP contribution in [0.3, 0.4) is 0 Å². The minimum Gasteiger partial charge on any atom is -0.544 e. The van der Waals surface area contributed by atoms with E-state index in [4.69, 9.17) is 4.43 Å². The second-order valence-electron chi connectivity index (χ2n) is 6.89. The van der Waals surface area contributed by atoms with Crippen LogP contribution in [0.5, 0.6) is 5.75 Å². The van der Waals surface area contributed by atoms with E-state index >= 15 is 0 Å². The number of hydrogen-bond donors (Lipinski definition) is 1. The molecule has 0 amide bonds. The van der Waals surface area contributed by atoms with Crippen molar-refractivity contribution in [3.8, 4) is 5.75 Å². The van der Waals surface area contributed by atoms with Crippen LogP contribution in [0.4, 0.5) is 0 Å². The number of aryl methyl sites for hydroxylation is 1. The molecule has 19 heavy (non-hydrogen) atoms. The monoisotopic (exact) mass is 280 g/mol. The van der Waals surface area contributed by atoms with Crippen molar-refractivity contribution in [3.05, 3.63) is 29.8 Å². The normalized spacial score (nSPS) is 14.3. The maximum absolute atomic E-state index is 9.29. The lowest BCUT2D eigenvalue weighted by Gasteiger charge is -2.36. The largest absolute Gasteiger partial charge is 0.544 e. The van der Waals surface area contributed by atoms with Gasteiger partial charge in [-0.2, -0.15) is 0 Å². The Morgan fingerprint density at radius 3 is 2.11 bits per heavy atom. The average Bonchev–Trinajstić information content (AvgIpc) is 2.26. The number of aliphatic hydroxyl groups excluding tert-OH is 1. The lowest BCUT2D eigenvalue weighted by Crippen LogP contribution is -2.43. The fraction of sp³-hybridized carbons (Fsp3) is 0.625. The quantitative estimate of drug-likeness (QED) is 0.811. The van der Waals surface area contributed by atoms with Crippen LogP contribution in [0.1, 0.15) is 39.7 Å². The summed E-state index contributed by atoms with van der Waals surface area (Å²) in [6, 6.07) is 8.31. The number of hydrogen-bond acceptors (Lipinski definition) is 2. The molecule has 0 aromatic heterocycles. The van der Waals surface area contributed by atoms with Crippen molar-refractivity contribution >= 4 is 8.32 Å². The number of aliphatic hydroxyl groups is 1. The highest BCUT2D eigenvalue weighted by atomic mass is 28.4. The molecule has 1 aromatic carbocycles. The first-order chi connectivity index (χ1) is 8.62. The van der Waals surface area contributed by atoms with Gasteiger partial charge in [-0.15, -0.1) is 0 Å². The molecule has 1 atom stereocenters. The van der Waals surface area contributed by atoms with Gasteiger partial charge in [0.15, 0.2) is 0 Å². The van der Waals surface area contributed by atoms with Gasteiger partial charge in [0.2, 0.25) is 8.32 Å². The van der Waals surface area contributed by atoms with Gasteiger partial charge in [0, 0.05) is 0 Å². The number of rotatable bonds is 5. The van der Waals surface area contributed by atoms with E-state index in [1.165, 1.54) is 5.56 Å². The van der Waals surface area contributed by atoms with Gasteiger partial charge in [-0.1, -0.05) is 32.9 Å². The molecule has 0 heterocycles. The molecule has 2 nitrogen and oxygen atoms in total. The Bertz CT molecular complexity index is 388. The van der Waals surface area contributed by atoms with Gasteiger partial charge in [-0.3, -0.25) is 0 Å². The smallest absolute Gasteiger partial charge is 0.250 e. The highest BCUT2D eigenvalue weighted by Crippen LogP contribution is 2.37. The lowest BCUT2D eigenvalue weighted by atomic mass is 10.1. The summed E-state index contributed by atoms with van der Waals surface area (Å²) in [5.41, 5.74) is 1.25. The van der Waals surface area contributed by atoms with Crippen molar-refractivity contribution < 1.29 is 9.53 Å². The zero-order chi connectivity index (χ0) is 14.7. The van der Waals surface area contributed by atoms with E-state index < -0.39 is 8.32 Å². The summed E-state index contributed by atoms with van der Waals surface area (Å²) in [6.07, 6.45) is 1.49. The Balaban J connectivity index is 2.67. The van der Waals surface area contributed by atoms with Gasteiger partial charge >= 0.3 is 0 Å². The molecule has 0 aliphatic rings. The summed E-state index contributed by atoms with van der Waals surface area (Å²) in [5, 5.41) is 9.51. The SMILES string of the molecule is C[C@H](O)CCc1ccc(O[Si](C)(C)C(C)(C)C)cc1. The van der Waals surface area contributed by atoms with Crippen LogP contribution in [-0.4, -0.2) is 19.5 Å². The maximum atomic E-state index is 9.29. The Morgan fingerprint density at radius 2 is 1.68 bits per heavy atom. The van der Waals surface area contributed by atoms with E-state index in [-0.39, 0.29) is 11.1 Å². The van der Waals surface area contributed by atoms with Gasteiger partial charge in [0.1, 0.15) is 5.75 Å². The highest BCUT2D eigenvalue weighted by molar-refractivity contribution is 6.74. The van der Waals surface area contributed by atoms with E-state index in [2.05, 4.69) is 58.1 Å². The van der Waals surface area contributed by atoms with Crippen LogP contribution < -0.4 is 4.43 Å². The van der Waals surface area contributed by atoms with Gasteiger partial charge in [-0.25, -0.2) is 0 Å². The molecule has 0 aliphatic heterocycles. The summed E-state index contributed by atoms with van der Waals surface area (Å²) in [5.74, 6) is 0.965. The van der Waals surface area contributed by atoms with Crippen LogP contribution in [0.2, 0.25) is 18.1 Å². The van der Waals surface area contributed by atoms with Crippen LogP contribution in [-0.2, 0) is 6.42 Å². The van der Waals surface area contributed by atoms with Gasteiger partial charge in [-0.05, 0) is 55.6 Å².